The van der Waals surface area contributed by atoms with Crippen molar-refractivity contribution < 1.29 is 4.79 Å². The molecular formula is C11H7N3OS. The van der Waals surface area contributed by atoms with Crippen LogP contribution in [0.5, 0.6) is 0 Å². The summed E-state index contributed by atoms with van der Waals surface area (Å²) >= 11 is 1.27. The highest BCUT2D eigenvalue weighted by atomic mass is 32.1. The zero-order chi connectivity index (χ0) is 11.4. The van der Waals surface area contributed by atoms with Crippen molar-refractivity contribution in [2.24, 2.45) is 0 Å². The molecule has 0 atom stereocenters. The average Bonchev–Trinajstić information content (AvgIpc) is 2.83. The maximum Gasteiger partial charge on any atom is 0.267 e. The molecule has 0 aliphatic carbocycles. The quantitative estimate of drug-likeness (QED) is 0.859. The van der Waals surface area contributed by atoms with Gasteiger partial charge >= 0.3 is 0 Å². The maximum absolute atomic E-state index is 11.7. The Bertz CT molecular complexity index is 543. The Morgan fingerprint density at radius 1 is 1.50 bits per heavy atom. The van der Waals surface area contributed by atoms with Crippen molar-refractivity contribution >= 4 is 22.9 Å². The summed E-state index contributed by atoms with van der Waals surface area (Å²) in [6.45, 7) is 0. The molecule has 0 fully saturated rings. The number of carbonyl (C=O) groups is 1. The number of thiazole rings is 1. The highest BCUT2D eigenvalue weighted by molar-refractivity contribution is 7.11. The van der Waals surface area contributed by atoms with Crippen molar-refractivity contribution in [2.45, 2.75) is 0 Å². The standard InChI is InChI=1S/C11H7N3OS/c12-5-8-2-1-3-9(4-8)14-11(15)10-6-13-7-16-10/h1-4,6-7H,(H,14,15). The van der Waals surface area contributed by atoms with Crippen molar-refractivity contribution in [2.75, 3.05) is 5.32 Å². The van der Waals surface area contributed by atoms with E-state index >= 15 is 0 Å². The summed E-state index contributed by atoms with van der Waals surface area (Å²) in [6.07, 6.45) is 1.51. The van der Waals surface area contributed by atoms with Crippen LogP contribution in [-0.4, -0.2) is 10.9 Å². The minimum atomic E-state index is -0.211. The van der Waals surface area contributed by atoms with E-state index in [0.29, 0.717) is 16.1 Å². The van der Waals surface area contributed by atoms with Crippen LogP contribution in [0.1, 0.15) is 15.2 Å². The number of rotatable bonds is 2. The number of nitrogens with one attached hydrogen (secondary N) is 1. The average molecular weight is 229 g/mol. The summed E-state index contributed by atoms with van der Waals surface area (Å²) in [5, 5.41) is 11.4. The third-order valence-electron chi connectivity index (χ3n) is 1.91. The molecule has 0 spiro atoms. The van der Waals surface area contributed by atoms with Gasteiger partial charge in [0.25, 0.3) is 5.91 Å². The summed E-state index contributed by atoms with van der Waals surface area (Å²) in [5.41, 5.74) is 2.72. The van der Waals surface area contributed by atoms with Crippen LogP contribution in [0, 0.1) is 11.3 Å². The van der Waals surface area contributed by atoms with Crippen molar-refractivity contribution in [1.82, 2.24) is 4.98 Å². The van der Waals surface area contributed by atoms with Crippen LogP contribution in [0.15, 0.2) is 36.0 Å². The number of nitrogens with zero attached hydrogens (tertiary/aromatic N) is 2. The van der Waals surface area contributed by atoms with E-state index < -0.39 is 0 Å². The first-order valence-electron chi connectivity index (χ1n) is 4.49. The molecule has 1 heterocycles. The zero-order valence-corrected chi connectivity index (χ0v) is 8.99. The fourth-order valence-corrected chi connectivity index (χ4v) is 1.70. The normalized spacial score (nSPS) is 9.44. The van der Waals surface area contributed by atoms with E-state index in [-0.39, 0.29) is 5.91 Å². The molecule has 0 saturated carbocycles. The van der Waals surface area contributed by atoms with E-state index in [1.165, 1.54) is 17.5 Å². The van der Waals surface area contributed by atoms with Crippen LogP contribution < -0.4 is 5.32 Å². The van der Waals surface area contributed by atoms with Crippen LogP contribution in [0.4, 0.5) is 5.69 Å². The van der Waals surface area contributed by atoms with Crippen LogP contribution in [0.25, 0.3) is 0 Å². The minimum Gasteiger partial charge on any atom is -0.321 e. The van der Waals surface area contributed by atoms with Gasteiger partial charge in [0.05, 0.1) is 23.3 Å². The molecule has 1 N–H and O–H groups in total. The van der Waals surface area contributed by atoms with E-state index in [4.69, 9.17) is 5.26 Å². The van der Waals surface area contributed by atoms with Gasteiger partial charge < -0.3 is 5.32 Å². The first-order chi connectivity index (χ1) is 7.79. The number of anilines is 1. The van der Waals surface area contributed by atoms with Crippen molar-refractivity contribution in [3.8, 4) is 6.07 Å². The predicted molar refractivity (Wildman–Crippen MR) is 61.2 cm³/mol. The number of benzene rings is 1. The lowest BCUT2D eigenvalue weighted by atomic mass is 10.2. The topological polar surface area (TPSA) is 65.8 Å². The van der Waals surface area contributed by atoms with Crippen LogP contribution in [0.3, 0.4) is 0 Å². The molecule has 1 aromatic heterocycles. The number of hydrogen-bond donors (Lipinski definition) is 1. The Labute approximate surface area is 96.2 Å². The Balaban J connectivity index is 2.16. The van der Waals surface area contributed by atoms with Gasteiger partial charge in [-0.15, -0.1) is 11.3 Å². The number of aromatic nitrogens is 1. The number of hydrogen-bond acceptors (Lipinski definition) is 4. The molecule has 0 aliphatic rings. The highest BCUT2D eigenvalue weighted by Crippen LogP contribution is 2.13. The van der Waals surface area contributed by atoms with E-state index in [9.17, 15) is 4.79 Å². The van der Waals surface area contributed by atoms with Gasteiger partial charge in [-0.1, -0.05) is 6.07 Å². The summed E-state index contributed by atoms with van der Waals surface area (Å²) in [4.78, 5) is 16.0. The molecule has 1 amide bonds. The molecular weight excluding hydrogens is 222 g/mol. The number of carbonyl (C=O) groups excluding carboxylic acids is 1. The molecule has 1 aromatic carbocycles. The largest absolute Gasteiger partial charge is 0.321 e. The maximum atomic E-state index is 11.7. The second-order valence-electron chi connectivity index (χ2n) is 3.01. The summed E-state index contributed by atoms with van der Waals surface area (Å²) < 4.78 is 0. The van der Waals surface area contributed by atoms with Gasteiger partial charge in [-0.25, -0.2) is 0 Å². The van der Waals surface area contributed by atoms with Gasteiger partial charge in [0, 0.05) is 5.69 Å². The Hall–Kier alpha value is -2.19. The monoisotopic (exact) mass is 229 g/mol. The predicted octanol–water partition coefficient (Wildman–Crippen LogP) is 2.27. The Morgan fingerprint density at radius 3 is 3.06 bits per heavy atom. The van der Waals surface area contributed by atoms with Gasteiger partial charge in [-0.05, 0) is 18.2 Å². The van der Waals surface area contributed by atoms with Gasteiger partial charge in [0.2, 0.25) is 0 Å². The minimum absolute atomic E-state index is 0.211. The lowest BCUT2D eigenvalue weighted by molar-refractivity contribution is 0.103. The highest BCUT2D eigenvalue weighted by Gasteiger charge is 2.07. The lowest BCUT2D eigenvalue weighted by Crippen LogP contribution is -2.10. The molecule has 0 saturated heterocycles. The van der Waals surface area contributed by atoms with Gasteiger partial charge in [-0.3, -0.25) is 9.78 Å². The fourth-order valence-electron chi connectivity index (χ4n) is 1.19. The summed E-state index contributed by atoms with van der Waals surface area (Å²) in [7, 11) is 0. The molecule has 0 aliphatic heterocycles. The summed E-state index contributed by atoms with van der Waals surface area (Å²) in [5.74, 6) is -0.211. The smallest absolute Gasteiger partial charge is 0.267 e. The molecule has 0 bridgehead atoms. The second kappa shape index (κ2) is 4.55. The van der Waals surface area contributed by atoms with Crippen molar-refractivity contribution in [3.63, 3.8) is 0 Å². The van der Waals surface area contributed by atoms with E-state index in [1.54, 1.807) is 29.8 Å². The molecule has 0 radical (unpaired) electrons. The van der Waals surface area contributed by atoms with E-state index in [0.717, 1.165) is 0 Å². The number of nitriles is 1. The third kappa shape index (κ3) is 2.24. The van der Waals surface area contributed by atoms with Crippen LogP contribution in [0.2, 0.25) is 0 Å². The molecule has 5 heteroatoms. The molecule has 0 unspecified atom stereocenters. The molecule has 78 valence electrons. The van der Waals surface area contributed by atoms with Gasteiger partial charge in [-0.2, -0.15) is 5.26 Å². The van der Waals surface area contributed by atoms with Crippen LogP contribution >= 0.6 is 11.3 Å². The third-order valence-corrected chi connectivity index (χ3v) is 2.68. The van der Waals surface area contributed by atoms with E-state index in [1.807, 2.05) is 6.07 Å². The Kier molecular flexibility index (Phi) is 2.94. The molecule has 2 rings (SSSR count). The first kappa shape index (κ1) is 10.3. The van der Waals surface area contributed by atoms with E-state index in [2.05, 4.69) is 10.3 Å². The fraction of sp³-hybridized carbons (Fsp3) is 0. The number of amides is 1. The van der Waals surface area contributed by atoms with Crippen LogP contribution in [-0.2, 0) is 0 Å². The molecule has 4 nitrogen and oxygen atoms in total. The zero-order valence-electron chi connectivity index (χ0n) is 8.18. The molecule has 16 heavy (non-hydrogen) atoms. The first-order valence-corrected chi connectivity index (χ1v) is 5.37. The summed E-state index contributed by atoms with van der Waals surface area (Å²) in [6, 6.07) is 8.78. The molecule has 2 aromatic rings. The van der Waals surface area contributed by atoms with Crippen molar-refractivity contribution in [3.05, 3.63) is 46.4 Å². The Morgan fingerprint density at radius 2 is 2.38 bits per heavy atom. The van der Waals surface area contributed by atoms with Gasteiger partial charge in [0.1, 0.15) is 4.88 Å². The second-order valence-corrected chi connectivity index (χ2v) is 3.90. The SMILES string of the molecule is N#Cc1cccc(NC(=O)c2cncs2)c1. The van der Waals surface area contributed by atoms with Gasteiger partial charge in [0.15, 0.2) is 0 Å². The van der Waals surface area contributed by atoms with Crippen molar-refractivity contribution in [1.29, 1.82) is 5.26 Å². The lowest BCUT2D eigenvalue weighted by Gasteiger charge is -2.02.